The van der Waals surface area contributed by atoms with E-state index in [2.05, 4.69) is 33.2 Å². The van der Waals surface area contributed by atoms with E-state index in [1.807, 2.05) is 43.8 Å². The molecule has 28 heavy (non-hydrogen) atoms. The number of aromatic nitrogens is 2. The van der Waals surface area contributed by atoms with Crippen LogP contribution in [0.4, 0.5) is 0 Å². The van der Waals surface area contributed by atoms with E-state index in [0.717, 1.165) is 45.4 Å². The van der Waals surface area contributed by atoms with Crippen LogP contribution in [0.3, 0.4) is 0 Å². The fourth-order valence-corrected chi connectivity index (χ4v) is 5.59. The van der Waals surface area contributed by atoms with Crippen LogP contribution in [-0.2, 0) is 11.3 Å². The molecule has 0 spiro atoms. The van der Waals surface area contributed by atoms with Crippen molar-refractivity contribution < 1.29 is 4.79 Å². The minimum Gasteiger partial charge on any atom is -0.348 e. The third-order valence-electron chi connectivity index (χ3n) is 5.12. The van der Waals surface area contributed by atoms with Gasteiger partial charge in [0.25, 0.3) is 0 Å². The molecule has 0 bridgehead atoms. The van der Waals surface area contributed by atoms with E-state index >= 15 is 0 Å². The molecule has 4 nitrogen and oxygen atoms in total. The first-order valence-electron chi connectivity index (χ1n) is 9.23. The summed E-state index contributed by atoms with van der Waals surface area (Å²) < 4.78 is 2.07. The first kappa shape index (κ1) is 19.6. The number of carbonyl (C=O) groups excluding carboxylic acids is 1. The summed E-state index contributed by atoms with van der Waals surface area (Å²) in [5, 5.41) is 7.04. The molecule has 1 aromatic carbocycles. The fourth-order valence-electron chi connectivity index (χ4n) is 3.69. The molecule has 7 heteroatoms. The van der Waals surface area contributed by atoms with Crippen molar-refractivity contribution in [2.24, 2.45) is 0 Å². The molecule has 0 saturated carbocycles. The second-order valence-corrected chi connectivity index (χ2v) is 9.70. The Morgan fingerprint density at radius 1 is 1.32 bits per heavy atom. The maximum atomic E-state index is 12.8. The Morgan fingerprint density at radius 3 is 2.89 bits per heavy atom. The highest BCUT2D eigenvalue weighted by Gasteiger charge is 2.23. The predicted molar refractivity (Wildman–Crippen MR) is 117 cm³/mol. The zero-order valence-electron chi connectivity index (χ0n) is 16.1. The van der Waals surface area contributed by atoms with Gasteiger partial charge in [-0.3, -0.25) is 4.79 Å². The van der Waals surface area contributed by atoms with Crippen LogP contribution in [0.25, 0.3) is 11.3 Å². The molecule has 1 aliphatic heterocycles. The lowest BCUT2D eigenvalue weighted by Crippen LogP contribution is -2.33. The fraction of sp³-hybridized carbons (Fsp3) is 0.333. The molecule has 1 atom stereocenters. The molecule has 2 aromatic heterocycles. The topological polar surface area (TPSA) is 46.9 Å². The summed E-state index contributed by atoms with van der Waals surface area (Å²) in [5.41, 5.74) is 5.34. The largest absolute Gasteiger partial charge is 0.348 e. The average Bonchev–Trinajstić information content (AvgIpc) is 3.20. The standard InChI is InChI=1S/C21H22ClN3OS2/c1-12-8-16(19-11-28-14(3)23-19)13(2)25(12)10-21(26)24-18-6-7-27-20-5-4-15(22)9-17(18)20/h4-5,8-9,11,18H,6-7,10H2,1-3H3,(H,24,26). The zero-order chi connectivity index (χ0) is 19.8. The molecule has 1 aliphatic rings. The Hall–Kier alpha value is -1.76. The Kier molecular flexibility index (Phi) is 5.54. The first-order chi connectivity index (χ1) is 13.4. The van der Waals surface area contributed by atoms with Crippen molar-refractivity contribution in [1.29, 1.82) is 0 Å². The van der Waals surface area contributed by atoms with E-state index in [0.29, 0.717) is 11.6 Å². The number of thioether (sulfide) groups is 1. The summed E-state index contributed by atoms with van der Waals surface area (Å²) in [6.07, 6.45) is 0.913. The Balaban J connectivity index is 1.53. The maximum absolute atomic E-state index is 12.8. The van der Waals surface area contributed by atoms with Crippen molar-refractivity contribution in [1.82, 2.24) is 14.9 Å². The number of nitrogens with one attached hydrogen (secondary N) is 1. The maximum Gasteiger partial charge on any atom is 0.240 e. The molecule has 1 amide bonds. The normalized spacial score (nSPS) is 16.1. The second-order valence-electron chi connectivity index (χ2n) is 7.06. The Labute approximate surface area is 178 Å². The van der Waals surface area contributed by atoms with Crippen molar-refractivity contribution in [2.75, 3.05) is 5.75 Å². The van der Waals surface area contributed by atoms with Gasteiger partial charge in [-0.15, -0.1) is 23.1 Å². The number of nitrogens with zero attached hydrogens (tertiary/aromatic N) is 2. The smallest absolute Gasteiger partial charge is 0.240 e. The van der Waals surface area contributed by atoms with Gasteiger partial charge < -0.3 is 9.88 Å². The van der Waals surface area contributed by atoms with Gasteiger partial charge in [0.15, 0.2) is 0 Å². The van der Waals surface area contributed by atoms with Crippen LogP contribution >= 0.6 is 34.7 Å². The summed E-state index contributed by atoms with van der Waals surface area (Å²) in [7, 11) is 0. The van der Waals surface area contributed by atoms with Gasteiger partial charge in [-0.05, 0) is 57.0 Å². The highest BCUT2D eigenvalue weighted by atomic mass is 35.5. The van der Waals surface area contributed by atoms with Gasteiger partial charge in [0.1, 0.15) is 6.54 Å². The van der Waals surface area contributed by atoms with Crippen LogP contribution in [0.15, 0.2) is 34.5 Å². The number of aryl methyl sites for hydroxylation is 2. The molecule has 3 heterocycles. The van der Waals surface area contributed by atoms with Gasteiger partial charge >= 0.3 is 0 Å². The lowest BCUT2D eigenvalue weighted by atomic mass is 10.0. The molecule has 3 aromatic rings. The predicted octanol–water partition coefficient (Wildman–Crippen LogP) is 5.54. The number of hydrogen-bond acceptors (Lipinski definition) is 4. The zero-order valence-corrected chi connectivity index (χ0v) is 18.5. The summed E-state index contributed by atoms with van der Waals surface area (Å²) in [5.74, 6) is 1.01. The lowest BCUT2D eigenvalue weighted by Gasteiger charge is -2.26. The summed E-state index contributed by atoms with van der Waals surface area (Å²) >= 11 is 9.64. The van der Waals surface area contributed by atoms with E-state index in [1.54, 1.807) is 11.3 Å². The molecule has 0 saturated heterocycles. The van der Waals surface area contributed by atoms with Crippen LogP contribution in [-0.4, -0.2) is 21.2 Å². The number of rotatable bonds is 4. The summed E-state index contributed by atoms with van der Waals surface area (Å²) in [4.78, 5) is 18.6. The van der Waals surface area contributed by atoms with Gasteiger partial charge in [0.05, 0.1) is 16.7 Å². The minimum absolute atomic E-state index is 0.0132. The quantitative estimate of drug-likeness (QED) is 0.589. The molecule has 1 N–H and O–H groups in total. The highest BCUT2D eigenvalue weighted by Crippen LogP contribution is 2.37. The van der Waals surface area contributed by atoms with E-state index in [-0.39, 0.29) is 11.9 Å². The highest BCUT2D eigenvalue weighted by molar-refractivity contribution is 7.99. The van der Waals surface area contributed by atoms with E-state index in [9.17, 15) is 4.79 Å². The van der Waals surface area contributed by atoms with Crippen LogP contribution in [0.1, 0.15) is 34.4 Å². The molecular weight excluding hydrogens is 410 g/mol. The first-order valence-corrected chi connectivity index (χ1v) is 11.5. The number of fused-ring (bicyclic) bond motifs is 1. The third kappa shape index (κ3) is 3.86. The summed E-state index contributed by atoms with van der Waals surface area (Å²) in [6, 6.07) is 8.06. The molecule has 146 valence electrons. The monoisotopic (exact) mass is 431 g/mol. The van der Waals surface area contributed by atoms with Crippen LogP contribution in [0, 0.1) is 20.8 Å². The lowest BCUT2D eigenvalue weighted by molar-refractivity contribution is -0.122. The number of carbonyl (C=O) groups is 1. The Bertz CT molecular complexity index is 1040. The summed E-state index contributed by atoms with van der Waals surface area (Å²) in [6.45, 7) is 6.40. The van der Waals surface area contributed by atoms with Crippen molar-refractivity contribution >= 4 is 40.6 Å². The van der Waals surface area contributed by atoms with Gasteiger partial charge in [0, 0.05) is 38.0 Å². The van der Waals surface area contributed by atoms with Crippen molar-refractivity contribution in [2.45, 2.75) is 44.7 Å². The number of amides is 1. The molecule has 4 rings (SSSR count). The van der Waals surface area contributed by atoms with Crippen molar-refractivity contribution in [3.63, 3.8) is 0 Å². The Morgan fingerprint density at radius 2 is 2.14 bits per heavy atom. The molecule has 0 aliphatic carbocycles. The van der Waals surface area contributed by atoms with Gasteiger partial charge in [-0.2, -0.15) is 0 Å². The molecule has 0 radical (unpaired) electrons. The third-order valence-corrected chi connectivity index (χ3v) is 7.25. The number of benzene rings is 1. The molecule has 0 fully saturated rings. The van der Waals surface area contributed by atoms with Crippen LogP contribution in [0.5, 0.6) is 0 Å². The van der Waals surface area contributed by atoms with Crippen LogP contribution in [0.2, 0.25) is 5.02 Å². The number of hydrogen-bond donors (Lipinski definition) is 1. The molecular formula is C21H22ClN3OS2. The van der Waals surface area contributed by atoms with Gasteiger partial charge in [0.2, 0.25) is 5.91 Å². The van der Waals surface area contributed by atoms with Gasteiger partial charge in [-0.1, -0.05) is 11.6 Å². The number of halogens is 1. The van der Waals surface area contributed by atoms with Gasteiger partial charge in [-0.25, -0.2) is 4.98 Å². The van der Waals surface area contributed by atoms with E-state index in [1.165, 1.54) is 4.90 Å². The number of thiazole rings is 1. The van der Waals surface area contributed by atoms with E-state index < -0.39 is 0 Å². The van der Waals surface area contributed by atoms with E-state index in [4.69, 9.17) is 11.6 Å². The van der Waals surface area contributed by atoms with Crippen molar-refractivity contribution in [3.05, 3.63) is 56.6 Å². The van der Waals surface area contributed by atoms with Crippen LogP contribution < -0.4 is 5.32 Å². The minimum atomic E-state index is 0.0132. The second kappa shape index (κ2) is 7.93. The van der Waals surface area contributed by atoms with Crippen molar-refractivity contribution in [3.8, 4) is 11.3 Å². The average molecular weight is 432 g/mol. The molecule has 1 unspecified atom stereocenters. The SMILES string of the molecule is Cc1nc(-c2cc(C)n(CC(=O)NC3CCSc4ccc(Cl)cc43)c2C)cs1.